The second-order valence-corrected chi connectivity index (χ2v) is 13.7. The number of aryl methyl sites for hydroxylation is 1. The van der Waals surface area contributed by atoms with Gasteiger partial charge in [0.25, 0.3) is 0 Å². The van der Waals surface area contributed by atoms with E-state index in [1.165, 1.54) is 45.0 Å². The molecule has 1 fully saturated rings. The van der Waals surface area contributed by atoms with E-state index in [1.54, 1.807) is 18.2 Å². The first-order valence-corrected chi connectivity index (χ1v) is 14.1. The topological polar surface area (TPSA) is 119 Å². The summed E-state index contributed by atoms with van der Waals surface area (Å²) in [7, 11) is -4.58. The molecule has 0 radical (unpaired) electrons. The summed E-state index contributed by atoms with van der Waals surface area (Å²) in [4.78, 5) is 24.5. The van der Waals surface area contributed by atoms with Gasteiger partial charge in [0.1, 0.15) is 5.82 Å². The molecule has 1 atom stereocenters. The minimum Gasteiger partial charge on any atom is -0.465 e. The lowest BCUT2D eigenvalue weighted by atomic mass is 9.73. The summed E-state index contributed by atoms with van der Waals surface area (Å²) in [6.07, 6.45) is -1.17. The zero-order valence-corrected chi connectivity index (χ0v) is 23.6. The molecule has 2 aromatic rings. The normalized spacial score (nSPS) is 17.7. The molecule has 0 aliphatic carbocycles. The maximum atomic E-state index is 13.4. The molecule has 1 aliphatic rings. The van der Waals surface area contributed by atoms with Crippen LogP contribution in [0.1, 0.15) is 70.0 Å². The highest BCUT2D eigenvalue weighted by Gasteiger charge is 2.52. The molecule has 1 aliphatic heterocycles. The number of hydrogen-bond acceptors (Lipinski definition) is 6. The van der Waals surface area contributed by atoms with Gasteiger partial charge in [-0.25, -0.2) is 17.6 Å². The monoisotopic (exact) mass is 547 g/mol. The summed E-state index contributed by atoms with van der Waals surface area (Å²) in [5.41, 5.74) is -0.844. The molecule has 206 valence electrons. The SMILES string of the molecule is CC(C(C)(C)NC(=O)O)S(=O)(=O)CCc1ccc(C(=O)c2ccc(F)cc2)c(B2OC(C)(C)C(C)(C)O2)c1. The Morgan fingerprint density at radius 2 is 1.61 bits per heavy atom. The van der Waals surface area contributed by atoms with Crippen molar-refractivity contribution in [2.45, 2.75) is 76.9 Å². The molecule has 2 N–H and O–H groups in total. The van der Waals surface area contributed by atoms with Crippen molar-refractivity contribution in [2.75, 3.05) is 5.75 Å². The van der Waals surface area contributed by atoms with Crippen LogP contribution in [0, 0.1) is 5.82 Å². The molecular formula is C27H35BFNO7S. The van der Waals surface area contributed by atoms with E-state index in [0.29, 0.717) is 22.2 Å². The zero-order valence-electron chi connectivity index (χ0n) is 22.8. The van der Waals surface area contributed by atoms with Crippen molar-refractivity contribution in [3.8, 4) is 0 Å². The largest absolute Gasteiger partial charge is 0.495 e. The van der Waals surface area contributed by atoms with E-state index in [0.717, 1.165) is 0 Å². The third kappa shape index (κ3) is 6.27. The fourth-order valence-corrected chi connectivity index (χ4v) is 5.99. The number of sulfone groups is 1. The van der Waals surface area contributed by atoms with E-state index in [4.69, 9.17) is 14.4 Å². The number of carbonyl (C=O) groups is 2. The standard InChI is InChI=1S/C27H35BFNO7S/c1-17(25(2,3)30-24(32)33)38(34,35)15-14-18-8-13-21(23(31)19-9-11-20(29)12-10-19)22(16-18)28-36-26(4,5)27(6,7)37-28/h8-13,16-17,30H,14-15H2,1-7H3,(H,32,33). The predicted molar refractivity (Wildman–Crippen MR) is 144 cm³/mol. The molecule has 1 heterocycles. The van der Waals surface area contributed by atoms with Crippen LogP contribution in [0.2, 0.25) is 0 Å². The van der Waals surface area contributed by atoms with Gasteiger partial charge in [0.2, 0.25) is 0 Å². The molecule has 1 amide bonds. The first kappa shape index (κ1) is 29.8. The molecule has 38 heavy (non-hydrogen) atoms. The number of halogens is 1. The van der Waals surface area contributed by atoms with Crippen molar-refractivity contribution < 1.29 is 36.8 Å². The molecular weight excluding hydrogens is 512 g/mol. The Balaban J connectivity index is 1.95. The van der Waals surface area contributed by atoms with E-state index >= 15 is 0 Å². The summed E-state index contributed by atoms with van der Waals surface area (Å²) >= 11 is 0. The first-order chi connectivity index (χ1) is 17.4. The van der Waals surface area contributed by atoms with Gasteiger partial charge in [0, 0.05) is 11.1 Å². The van der Waals surface area contributed by atoms with Crippen molar-refractivity contribution in [3.05, 3.63) is 65.0 Å². The van der Waals surface area contributed by atoms with Crippen LogP contribution in [-0.4, -0.2) is 60.3 Å². The van der Waals surface area contributed by atoms with E-state index in [2.05, 4.69) is 5.32 Å². The highest BCUT2D eigenvalue weighted by molar-refractivity contribution is 7.92. The smallest absolute Gasteiger partial charge is 0.465 e. The third-order valence-electron chi connectivity index (χ3n) is 7.63. The number of carbonyl (C=O) groups excluding carboxylic acids is 1. The molecule has 0 spiro atoms. The van der Waals surface area contributed by atoms with Crippen LogP contribution in [0.5, 0.6) is 0 Å². The summed E-state index contributed by atoms with van der Waals surface area (Å²) in [6.45, 7) is 12.1. The van der Waals surface area contributed by atoms with E-state index < -0.39 is 50.9 Å². The van der Waals surface area contributed by atoms with Crippen molar-refractivity contribution in [1.29, 1.82) is 0 Å². The lowest BCUT2D eigenvalue weighted by molar-refractivity contribution is 0.00578. The second kappa shape index (κ2) is 10.4. The average molecular weight is 547 g/mol. The number of amides is 1. The zero-order chi connectivity index (χ0) is 28.7. The van der Waals surface area contributed by atoms with Crippen LogP contribution in [0.25, 0.3) is 0 Å². The van der Waals surface area contributed by atoms with Gasteiger partial charge in [-0.05, 0) is 90.2 Å². The fraction of sp³-hybridized carbons (Fsp3) is 0.481. The Morgan fingerprint density at radius 1 is 1.05 bits per heavy atom. The van der Waals surface area contributed by atoms with Crippen LogP contribution < -0.4 is 10.8 Å². The molecule has 0 bridgehead atoms. The molecule has 3 rings (SSSR count). The molecule has 1 saturated heterocycles. The average Bonchev–Trinajstić information content (AvgIpc) is 3.03. The highest BCUT2D eigenvalue weighted by atomic mass is 32.2. The minimum absolute atomic E-state index is 0.132. The fourth-order valence-electron chi connectivity index (χ4n) is 4.16. The van der Waals surface area contributed by atoms with Gasteiger partial charge in [0.05, 0.1) is 27.7 Å². The van der Waals surface area contributed by atoms with Crippen molar-refractivity contribution in [1.82, 2.24) is 5.32 Å². The summed E-state index contributed by atoms with van der Waals surface area (Å²) in [5.74, 6) is -1.03. The van der Waals surface area contributed by atoms with E-state index in [1.807, 2.05) is 27.7 Å². The molecule has 2 aromatic carbocycles. The lowest BCUT2D eigenvalue weighted by Crippen LogP contribution is -2.53. The number of rotatable bonds is 9. The molecule has 8 nitrogen and oxygen atoms in total. The Labute approximate surface area is 224 Å². The van der Waals surface area contributed by atoms with Crippen molar-refractivity contribution in [3.63, 3.8) is 0 Å². The lowest BCUT2D eigenvalue weighted by Gasteiger charge is -2.32. The maximum absolute atomic E-state index is 13.4. The quantitative estimate of drug-likeness (QED) is 0.363. The number of carboxylic acid groups (broad SMARTS) is 1. The highest BCUT2D eigenvalue weighted by Crippen LogP contribution is 2.37. The van der Waals surface area contributed by atoms with Gasteiger partial charge in [0.15, 0.2) is 15.6 Å². The Bertz CT molecular complexity index is 1310. The van der Waals surface area contributed by atoms with Gasteiger partial charge >= 0.3 is 13.2 Å². The Hall–Kier alpha value is -2.76. The Morgan fingerprint density at radius 3 is 2.13 bits per heavy atom. The van der Waals surface area contributed by atoms with Gasteiger partial charge in [-0.15, -0.1) is 0 Å². The van der Waals surface area contributed by atoms with Gasteiger partial charge < -0.3 is 19.7 Å². The van der Waals surface area contributed by atoms with Crippen LogP contribution in [-0.2, 0) is 25.6 Å². The van der Waals surface area contributed by atoms with Crippen LogP contribution >= 0.6 is 0 Å². The minimum atomic E-state index is -3.70. The predicted octanol–water partition coefficient (Wildman–Crippen LogP) is 3.75. The number of nitrogens with one attached hydrogen (secondary N) is 1. The molecule has 11 heteroatoms. The first-order valence-electron chi connectivity index (χ1n) is 12.4. The van der Waals surface area contributed by atoms with Crippen molar-refractivity contribution >= 4 is 34.3 Å². The van der Waals surface area contributed by atoms with Gasteiger partial charge in [-0.2, -0.15) is 0 Å². The summed E-state index contributed by atoms with van der Waals surface area (Å²) in [6, 6.07) is 10.2. The number of ketones is 1. The molecule has 0 aromatic heterocycles. The van der Waals surface area contributed by atoms with Crippen LogP contribution in [0.15, 0.2) is 42.5 Å². The second-order valence-electron chi connectivity index (χ2n) is 11.3. The molecule has 0 saturated carbocycles. The summed E-state index contributed by atoms with van der Waals surface area (Å²) < 4.78 is 52.0. The van der Waals surface area contributed by atoms with Gasteiger partial charge in [-0.3, -0.25) is 4.79 Å². The van der Waals surface area contributed by atoms with E-state index in [9.17, 15) is 22.4 Å². The number of benzene rings is 2. The summed E-state index contributed by atoms with van der Waals surface area (Å²) in [5, 5.41) is 10.4. The van der Waals surface area contributed by atoms with Crippen molar-refractivity contribution in [2.24, 2.45) is 0 Å². The van der Waals surface area contributed by atoms with Crippen LogP contribution in [0.3, 0.4) is 0 Å². The van der Waals surface area contributed by atoms with Gasteiger partial charge in [-0.1, -0.05) is 18.2 Å². The maximum Gasteiger partial charge on any atom is 0.495 e. The van der Waals surface area contributed by atoms with E-state index in [-0.39, 0.29) is 18.0 Å². The Kier molecular flexibility index (Phi) is 8.18. The third-order valence-corrected chi connectivity index (χ3v) is 10.1. The number of hydrogen-bond donors (Lipinski definition) is 2. The molecule has 1 unspecified atom stereocenters. The van der Waals surface area contributed by atoms with Crippen LogP contribution in [0.4, 0.5) is 9.18 Å².